The van der Waals surface area contributed by atoms with Gasteiger partial charge < -0.3 is 10.2 Å². The van der Waals surface area contributed by atoms with Crippen molar-refractivity contribution in [2.75, 3.05) is 0 Å². The van der Waals surface area contributed by atoms with Gasteiger partial charge in [0, 0.05) is 10.6 Å². The zero-order valence-electron chi connectivity index (χ0n) is 9.43. The van der Waals surface area contributed by atoms with E-state index in [1.54, 1.807) is 0 Å². The minimum absolute atomic E-state index is 0.270. The normalized spacial score (nSPS) is 11.0. The minimum Gasteiger partial charge on any atom is -0.438 e. The number of nitrogens with two attached hydrogens (primary N) is 1. The Balaban J connectivity index is 2.09. The molecule has 2 N–H and O–H groups in total. The fourth-order valence-corrected chi connectivity index (χ4v) is 1.86. The predicted molar refractivity (Wildman–Crippen MR) is 70.1 cm³/mol. The van der Waals surface area contributed by atoms with Crippen LogP contribution in [0.2, 0.25) is 5.02 Å². The molecule has 0 radical (unpaired) electrons. The maximum absolute atomic E-state index is 5.85. The van der Waals surface area contributed by atoms with E-state index in [9.17, 15) is 0 Å². The van der Waals surface area contributed by atoms with Crippen LogP contribution in [-0.4, -0.2) is 9.97 Å². The molecule has 4 nitrogen and oxygen atoms in total. The Morgan fingerprint density at radius 2 is 1.83 bits per heavy atom. The lowest BCUT2D eigenvalue weighted by Crippen LogP contribution is -1.95. The number of rotatable bonds is 2. The highest BCUT2D eigenvalue weighted by Crippen LogP contribution is 2.22. The maximum Gasteiger partial charge on any atom is 0.210 e. The van der Waals surface area contributed by atoms with Crippen LogP contribution >= 0.6 is 11.6 Å². The third-order valence-corrected chi connectivity index (χ3v) is 2.86. The number of fused-ring (bicyclic) bond motifs is 1. The van der Waals surface area contributed by atoms with Gasteiger partial charge in [0.2, 0.25) is 5.89 Å². The first-order valence-electron chi connectivity index (χ1n) is 5.49. The van der Waals surface area contributed by atoms with Crippen LogP contribution < -0.4 is 5.73 Å². The molecule has 0 bridgehead atoms. The predicted octanol–water partition coefficient (Wildman–Crippen LogP) is 3.00. The summed E-state index contributed by atoms with van der Waals surface area (Å²) >= 11 is 5.85. The monoisotopic (exact) mass is 259 g/mol. The molecule has 90 valence electrons. The molecule has 0 saturated heterocycles. The summed E-state index contributed by atoms with van der Waals surface area (Å²) in [5, 5.41) is 0.701. The lowest BCUT2D eigenvalue weighted by molar-refractivity contribution is 0.533. The van der Waals surface area contributed by atoms with Gasteiger partial charge in [-0.2, -0.15) is 4.98 Å². The van der Waals surface area contributed by atoms with Crippen LogP contribution in [0.15, 0.2) is 40.8 Å². The molecule has 18 heavy (non-hydrogen) atoms. The summed E-state index contributed by atoms with van der Waals surface area (Å²) in [5.41, 5.74) is 8.51. The standard InChI is InChI=1S/C13H10ClN3O/c14-9-3-1-8(2-4-9)10-5-6-11-13(16-10)17-12(7-15)18-11/h1-6H,7,15H2. The van der Waals surface area contributed by atoms with Crippen molar-refractivity contribution < 1.29 is 4.42 Å². The molecule has 3 aromatic rings. The fourth-order valence-electron chi connectivity index (χ4n) is 1.73. The molecule has 0 spiro atoms. The number of hydrogen-bond acceptors (Lipinski definition) is 4. The Bertz CT molecular complexity index is 691. The van der Waals surface area contributed by atoms with Crippen molar-refractivity contribution in [2.45, 2.75) is 6.54 Å². The highest BCUT2D eigenvalue weighted by atomic mass is 35.5. The first-order chi connectivity index (χ1) is 8.76. The SMILES string of the molecule is NCc1nc2nc(-c3ccc(Cl)cc3)ccc2o1. The van der Waals surface area contributed by atoms with E-state index in [2.05, 4.69) is 9.97 Å². The largest absolute Gasteiger partial charge is 0.438 e. The van der Waals surface area contributed by atoms with Crippen molar-refractivity contribution in [3.8, 4) is 11.3 Å². The first-order valence-corrected chi connectivity index (χ1v) is 5.86. The third kappa shape index (κ3) is 1.96. The summed E-state index contributed by atoms with van der Waals surface area (Å²) < 4.78 is 5.41. The van der Waals surface area contributed by atoms with Gasteiger partial charge in [-0.15, -0.1) is 0 Å². The third-order valence-electron chi connectivity index (χ3n) is 2.61. The first kappa shape index (κ1) is 11.2. The van der Waals surface area contributed by atoms with Gasteiger partial charge in [-0.25, -0.2) is 4.98 Å². The Kier molecular flexibility index (Phi) is 2.74. The lowest BCUT2D eigenvalue weighted by Gasteiger charge is -1.99. The maximum atomic E-state index is 5.85. The molecule has 5 heteroatoms. The van der Waals surface area contributed by atoms with Crippen molar-refractivity contribution in [3.63, 3.8) is 0 Å². The highest BCUT2D eigenvalue weighted by molar-refractivity contribution is 6.30. The van der Waals surface area contributed by atoms with Crippen molar-refractivity contribution in [1.29, 1.82) is 0 Å². The van der Waals surface area contributed by atoms with Crippen LogP contribution in [0, 0.1) is 0 Å². The van der Waals surface area contributed by atoms with E-state index in [-0.39, 0.29) is 6.54 Å². The molecule has 1 aromatic carbocycles. The molecule has 0 unspecified atom stereocenters. The van der Waals surface area contributed by atoms with Crippen molar-refractivity contribution >= 4 is 22.8 Å². The van der Waals surface area contributed by atoms with Crippen LogP contribution in [-0.2, 0) is 6.54 Å². The minimum atomic E-state index is 0.270. The Morgan fingerprint density at radius 1 is 1.06 bits per heavy atom. The molecule has 2 heterocycles. The molecule has 0 amide bonds. The molecule has 3 rings (SSSR count). The van der Waals surface area contributed by atoms with Crippen LogP contribution in [0.5, 0.6) is 0 Å². The van der Waals surface area contributed by atoms with Crippen LogP contribution in [0.4, 0.5) is 0 Å². The zero-order chi connectivity index (χ0) is 12.5. The summed E-state index contributed by atoms with van der Waals surface area (Å²) in [4.78, 5) is 8.65. The quantitative estimate of drug-likeness (QED) is 0.768. The number of nitrogens with zero attached hydrogens (tertiary/aromatic N) is 2. The van der Waals surface area contributed by atoms with Gasteiger partial charge in [0.15, 0.2) is 11.2 Å². The van der Waals surface area contributed by atoms with Crippen molar-refractivity contribution in [2.24, 2.45) is 5.73 Å². The molecular formula is C13H10ClN3O. The number of oxazole rings is 1. The summed E-state index contributed by atoms with van der Waals surface area (Å²) in [6.45, 7) is 0.270. The number of aromatic nitrogens is 2. The average molecular weight is 260 g/mol. The molecule has 2 aromatic heterocycles. The molecule has 0 aliphatic carbocycles. The zero-order valence-corrected chi connectivity index (χ0v) is 10.2. The Hall–Kier alpha value is -1.91. The van der Waals surface area contributed by atoms with E-state index in [1.807, 2.05) is 36.4 Å². The summed E-state index contributed by atoms with van der Waals surface area (Å²) in [5.74, 6) is 0.491. The molecule has 0 aliphatic rings. The number of halogens is 1. The molecule has 0 saturated carbocycles. The molecule has 0 atom stereocenters. The topological polar surface area (TPSA) is 64.9 Å². The molecule has 0 aliphatic heterocycles. The van der Waals surface area contributed by atoms with Gasteiger partial charge in [0.25, 0.3) is 0 Å². The average Bonchev–Trinajstić information content (AvgIpc) is 2.81. The van der Waals surface area contributed by atoms with E-state index < -0.39 is 0 Å². The summed E-state index contributed by atoms with van der Waals surface area (Å²) in [6, 6.07) is 11.2. The van der Waals surface area contributed by atoms with Crippen molar-refractivity contribution in [1.82, 2.24) is 9.97 Å². The molecule has 0 fully saturated rings. The molecular weight excluding hydrogens is 250 g/mol. The number of pyridine rings is 1. The Labute approximate surface area is 108 Å². The summed E-state index contributed by atoms with van der Waals surface area (Å²) in [6.07, 6.45) is 0. The second-order valence-electron chi connectivity index (χ2n) is 3.84. The van der Waals surface area contributed by atoms with Gasteiger partial charge in [0.05, 0.1) is 12.2 Å². The van der Waals surface area contributed by atoms with Crippen LogP contribution in [0.1, 0.15) is 5.89 Å². The van der Waals surface area contributed by atoms with E-state index in [0.717, 1.165) is 11.3 Å². The van der Waals surface area contributed by atoms with Gasteiger partial charge in [-0.3, -0.25) is 0 Å². The van der Waals surface area contributed by atoms with Gasteiger partial charge in [-0.05, 0) is 24.3 Å². The summed E-state index contributed by atoms with van der Waals surface area (Å²) in [7, 11) is 0. The van der Waals surface area contributed by atoms with E-state index >= 15 is 0 Å². The van der Waals surface area contributed by atoms with Gasteiger partial charge >= 0.3 is 0 Å². The van der Waals surface area contributed by atoms with Crippen molar-refractivity contribution in [3.05, 3.63) is 47.3 Å². The van der Waals surface area contributed by atoms with Gasteiger partial charge in [-0.1, -0.05) is 23.7 Å². The van der Waals surface area contributed by atoms with Gasteiger partial charge in [0.1, 0.15) is 0 Å². The highest BCUT2D eigenvalue weighted by Gasteiger charge is 2.07. The van der Waals surface area contributed by atoms with Crippen LogP contribution in [0.3, 0.4) is 0 Å². The van der Waals surface area contributed by atoms with E-state index in [0.29, 0.717) is 22.1 Å². The van der Waals surface area contributed by atoms with E-state index in [4.69, 9.17) is 21.8 Å². The second kappa shape index (κ2) is 4.40. The Morgan fingerprint density at radius 3 is 2.56 bits per heavy atom. The lowest BCUT2D eigenvalue weighted by atomic mass is 10.1. The number of benzene rings is 1. The smallest absolute Gasteiger partial charge is 0.210 e. The second-order valence-corrected chi connectivity index (χ2v) is 4.27. The van der Waals surface area contributed by atoms with Crippen LogP contribution in [0.25, 0.3) is 22.5 Å². The number of hydrogen-bond donors (Lipinski definition) is 1. The van der Waals surface area contributed by atoms with E-state index in [1.165, 1.54) is 0 Å². The fraction of sp³-hybridized carbons (Fsp3) is 0.0769.